The number of carbonyl (C=O) groups excluding carboxylic acids is 2. The number of halogens is 2. The van der Waals surface area contributed by atoms with E-state index in [0.29, 0.717) is 28.6 Å². The molecule has 1 N–H and O–H groups in total. The molecule has 0 atom stereocenters. The number of amides is 2. The van der Waals surface area contributed by atoms with E-state index in [1.54, 1.807) is 23.1 Å². The molecule has 0 aromatic heterocycles. The van der Waals surface area contributed by atoms with Gasteiger partial charge in [0.2, 0.25) is 5.91 Å². The summed E-state index contributed by atoms with van der Waals surface area (Å²) in [7, 11) is 0. The molecule has 2 amide bonds. The molecule has 1 aromatic carbocycles. The Morgan fingerprint density at radius 3 is 2.95 bits per heavy atom. The normalized spacial score (nSPS) is 15.9. The zero-order valence-corrected chi connectivity index (χ0v) is 13.5. The molecule has 1 aliphatic rings. The van der Waals surface area contributed by atoms with Crippen LogP contribution in [-0.2, 0) is 9.59 Å². The fraction of sp³-hybridized carbons (Fsp3) is 0.400. The third-order valence-corrected chi connectivity index (χ3v) is 4.21. The number of hydrogen-bond donors (Lipinski definition) is 1. The fourth-order valence-electron chi connectivity index (χ4n) is 2.21. The lowest BCUT2D eigenvalue weighted by atomic mass is 10.2. The lowest BCUT2D eigenvalue weighted by Crippen LogP contribution is -2.39. The Morgan fingerprint density at radius 1 is 1.32 bits per heavy atom. The van der Waals surface area contributed by atoms with E-state index in [1.165, 1.54) is 6.21 Å². The molecule has 7 heteroatoms. The van der Waals surface area contributed by atoms with Crippen molar-refractivity contribution in [3.63, 3.8) is 0 Å². The lowest BCUT2D eigenvalue weighted by Gasteiger charge is -2.18. The highest BCUT2D eigenvalue weighted by Crippen LogP contribution is 2.24. The summed E-state index contributed by atoms with van der Waals surface area (Å²) < 4.78 is 0. The largest absolute Gasteiger partial charge is 0.333 e. The van der Waals surface area contributed by atoms with E-state index < -0.39 is 0 Å². The van der Waals surface area contributed by atoms with Crippen molar-refractivity contribution in [2.24, 2.45) is 5.10 Å². The van der Waals surface area contributed by atoms with Crippen molar-refractivity contribution in [1.29, 1.82) is 0 Å². The molecular weight excluding hydrogens is 325 g/mol. The summed E-state index contributed by atoms with van der Waals surface area (Å²) in [5.74, 6) is -0.306. The number of hydrazone groups is 1. The molecule has 0 unspecified atom stereocenters. The minimum atomic E-state index is -0.329. The van der Waals surface area contributed by atoms with Gasteiger partial charge in [-0.15, -0.1) is 0 Å². The number of rotatable bonds is 4. The van der Waals surface area contributed by atoms with Crippen LogP contribution in [0.4, 0.5) is 0 Å². The zero-order valence-electron chi connectivity index (χ0n) is 12.0. The van der Waals surface area contributed by atoms with Crippen LogP contribution in [0.2, 0.25) is 10.0 Å². The SMILES string of the molecule is O=C(CN1CCCCCC1=O)N/N=C\c1cccc(Cl)c1Cl. The maximum Gasteiger partial charge on any atom is 0.259 e. The second-order valence-electron chi connectivity index (χ2n) is 5.06. The molecule has 22 heavy (non-hydrogen) atoms. The van der Waals surface area contributed by atoms with E-state index in [9.17, 15) is 9.59 Å². The van der Waals surface area contributed by atoms with Gasteiger partial charge in [0.05, 0.1) is 16.3 Å². The van der Waals surface area contributed by atoms with Crippen LogP contribution in [0.25, 0.3) is 0 Å². The average Bonchev–Trinajstić information content (AvgIpc) is 2.69. The van der Waals surface area contributed by atoms with Gasteiger partial charge in [0.1, 0.15) is 6.54 Å². The molecule has 0 saturated carbocycles. The second kappa shape index (κ2) is 8.15. The molecule has 2 rings (SSSR count). The van der Waals surface area contributed by atoms with Crippen molar-refractivity contribution in [2.75, 3.05) is 13.1 Å². The molecule has 0 radical (unpaired) electrons. The van der Waals surface area contributed by atoms with Gasteiger partial charge in [0, 0.05) is 18.5 Å². The van der Waals surface area contributed by atoms with Gasteiger partial charge in [-0.2, -0.15) is 5.10 Å². The van der Waals surface area contributed by atoms with E-state index in [4.69, 9.17) is 23.2 Å². The standard InChI is InChI=1S/C15H17Cl2N3O2/c16-12-6-4-5-11(15(12)17)9-18-19-13(21)10-20-8-3-1-2-7-14(20)22/h4-6,9H,1-3,7-8,10H2,(H,19,21)/b18-9-. The highest BCUT2D eigenvalue weighted by Gasteiger charge is 2.18. The molecule has 118 valence electrons. The third-order valence-electron chi connectivity index (χ3n) is 3.38. The van der Waals surface area contributed by atoms with Crippen molar-refractivity contribution in [3.05, 3.63) is 33.8 Å². The van der Waals surface area contributed by atoms with E-state index in [1.807, 2.05) is 0 Å². The first-order valence-corrected chi connectivity index (χ1v) is 7.87. The summed E-state index contributed by atoms with van der Waals surface area (Å²) in [5.41, 5.74) is 3.01. The summed E-state index contributed by atoms with van der Waals surface area (Å²) in [6.45, 7) is 0.648. The van der Waals surface area contributed by atoms with Gasteiger partial charge in [-0.05, 0) is 18.9 Å². The molecule has 1 aliphatic heterocycles. The Hall–Kier alpha value is -1.59. The van der Waals surface area contributed by atoms with Crippen LogP contribution in [0.5, 0.6) is 0 Å². The molecule has 1 heterocycles. The zero-order chi connectivity index (χ0) is 15.9. The topological polar surface area (TPSA) is 61.8 Å². The predicted molar refractivity (Wildman–Crippen MR) is 87.2 cm³/mol. The van der Waals surface area contributed by atoms with Crippen LogP contribution in [0.3, 0.4) is 0 Å². The molecule has 1 saturated heterocycles. The Balaban J connectivity index is 1.88. The minimum Gasteiger partial charge on any atom is -0.333 e. The van der Waals surface area contributed by atoms with Gasteiger partial charge in [-0.1, -0.05) is 41.8 Å². The van der Waals surface area contributed by atoms with Crippen molar-refractivity contribution < 1.29 is 9.59 Å². The molecule has 1 aromatic rings. The molecule has 0 spiro atoms. The Bertz CT molecular complexity index is 590. The predicted octanol–water partition coefficient (Wildman–Crippen LogP) is 2.85. The second-order valence-corrected chi connectivity index (χ2v) is 5.85. The maximum absolute atomic E-state index is 11.8. The van der Waals surface area contributed by atoms with Crippen LogP contribution in [-0.4, -0.2) is 36.0 Å². The summed E-state index contributed by atoms with van der Waals surface area (Å²) in [6, 6.07) is 5.15. The Labute approximate surface area is 139 Å². The maximum atomic E-state index is 11.8. The monoisotopic (exact) mass is 341 g/mol. The number of carbonyl (C=O) groups is 2. The van der Waals surface area contributed by atoms with Crippen LogP contribution in [0.1, 0.15) is 31.2 Å². The first kappa shape index (κ1) is 16.8. The van der Waals surface area contributed by atoms with Crippen molar-refractivity contribution in [3.8, 4) is 0 Å². The summed E-state index contributed by atoms with van der Waals surface area (Å²) in [6.07, 6.45) is 4.78. The van der Waals surface area contributed by atoms with Crippen molar-refractivity contribution in [1.82, 2.24) is 10.3 Å². The van der Waals surface area contributed by atoms with Crippen LogP contribution < -0.4 is 5.43 Å². The van der Waals surface area contributed by atoms with Crippen LogP contribution >= 0.6 is 23.2 Å². The van der Waals surface area contributed by atoms with E-state index >= 15 is 0 Å². The molecule has 0 aliphatic carbocycles. The van der Waals surface area contributed by atoms with E-state index in [2.05, 4.69) is 10.5 Å². The number of nitrogens with zero attached hydrogens (tertiary/aromatic N) is 2. The first-order valence-electron chi connectivity index (χ1n) is 7.11. The Kier molecular flexibility index (Phi) is 6.21. The van der Waals surface area contributed by atoms with Gasteiger partial charge >= 0.3 is 0 Å². The van der Waals surface area contributed by atoms with Gasteiger partial charge in [0.15, 0.2) is 0 Å². The fourth-order valence-corrected chi connectivity index (χ4v) is 2.57. The quantitative estimate of drug-likeness (QED) is 0.676. The third kappa shape index (κ3) is 4.71. The summed E-state index contributed by atoms with van der Waals surface area (Å²) in [4.78, 5) is 25.2. The van der Waals surface area contributed by atoms with Gasteiger partial charge < -0.3 is 4.90 Å². The molecular formula is C15H17Cl2N3O2. The Morgan fingerprint density at radius 2 is 2.14 bits per heavy atom. The number of nitrogens with one attached hydrogen (secondary N) is 1. The number of hydrogen-bond acceptors (Lipinski definition) is 3. The molecule has 5 nitrogen and oxygen atoms in total. The van der Waals surface area contributed by atoms with Crippen LogP contribution in [0, 0.1) is 0 Å². The summed E-state index contributed by atoms with van der Waals surface area (Å²) >= 11 is 11.9. The first-order chi connectivity index (χ1) is 10.6. The lowest BCUT2D eigenvalue weighted by molar-refractivity contribution is -0.135. The van der Waals surface area contributed by atoms with Crippen molar-refractivity contribution >= 4 is 41.2 Å². The minimum absolute atomic E-state index is 0.0227. The van der Waals surface area contributed by atoms with Gasteiger partial charge in [0.25, 0.3) is 5.91 Å². The van der Waals surface area contributed by atoms with Gasteiger partial charge in [-0.3, -0.25) is 9.59 Å². The van der Waals surface area contributed by atoms with E-state index in [-0.39, 0.29) is 18.4 Å². The smallest absolute Gasteiger partial charge is 0.259 e. The van der Waals surface area contributed by atoms with E-state index in [0.717, 1.165) is 19.3 Å². The van der Waals surface area contributed by atoms with Crippen LogP contribution in [0.15, 0.2) is 23.3 Å². The highest BCUT2D eigenvalue weighted by molar-refractivity contribution is 6.43. The molecule has 0 bridgehead atoms. The number of benzene rings is 1. The highest BCUT2D eigenvalue weighted by atomic mass is 35.5. The van der Waals surface area contributed by atoms with Gasteiger partial charge in [-0.25, -0.2) is 5.43 Å². The molecule has 1 fully saturated rings. The summed E-state index contributed by atoms with van der Waals surface area (Å²) in [5, 5.41) is 4.65. The van der Waals surface area contributed by atoms with Crippen molar-refractivity contribution in [2.45, 2.75) is 25.7 Å². The average molecular weight is 342 g/mol. The number of likely N-dealkylation sites (tertiary alicyclic amines) is 1.